The van der Waals surface area contributed by atoms with Crippen LogP contribution in [-0.2, 0) is 11.3 Å². The molecule has 0 aromatic carbocycles. The molecule has 4 aliphatic carbocycles. The van der Waals surface area contributed by atoms with Gasteiger partial charge in [0.15, 0.2) is 5.78 Å². The van der Waals surface area contributed by atoms with Gasteiger partial charge in [0, 0.05) is 26.2 Å². The fourth-order valence-corrected chi connectivity index (χ4v) is 9.05. The van der Waals surface area contributed by atoms with Crippen LogP contribution >= 0.6 is 0 Å². The van der Waals surface area contributed by atoms with Gasteiger partial charge in [0.2, 0.25) is 0 Å². The van der Waals surface area contributed by atoms with Gasteiger partial charge >= 0.3 is 0 Å². The van der Waals surface area contributed by atoms with Crippen LogP contribution in [0, 0.1) is 40.4 Å². The highest BCUT2D eigenvalue weighted by Crippen LogP contribution is 2.68. The van der Waals surface area contributed by atoms with Gasteiger partial charge in [-0.25, -0.2) is 0 Å². The Labute approximate surface area is 204 Å². The first-order valence-electron chi connectivity index (χ1n) is 13.4. The molecular formula is C28H43N3O3. The molecule has 1 aromatic heterocycles. The first-order valence-corrected chi connectivity index (χ1v) is 13.4. The van der Waals surface area contributed by atoms with Gasteiger partial charge in [0.05, 0.1) is 23.9 Å². The number of fused-ring (bicyclic) bond motifs is 5. The van der Waals surface area contributed by atoms with Gasteiger partial charge in [-0.3, -0.25) is 14.3 Å². The summed E-state index contributed by atoms with van der Waals surface area (Å²) in [5.74, 6) is 3.01. The molecule has 0 unspecified atom stereocenters. The molecule has 1 amide bonds. The zero-order valence-corrected chi connectivity index (χ0v) is 21.7. The number of aromatic nitrogens is 2. The van der Waals surface area contributed by atoms with Crippen LogP contribution in [0.15, 0.2) is 12.4 Å². The highest BCUT2D eigenvalue weighted by Gasteiger charge is 2.61. The highest BCUT2D eigenvalue weighted by molar-refractivity contribution is 5.93. The molecular weight excluding hydrogens is 426 g/mol. The predicted molar refractivity (Wildman–Crippen MR) is 131 cm³/mol. The van der Waals surface area contributed by atoms with Crippen LogP contribution in [-0.4, -0.2) is 51.2 Å². The average molecular weight is 470 g/mol. The summed E-state index contributed by atoms with van der Waals surface area (Å²) >= 11 is 0. The fraction of sp³-hybridized carbons (Fsp3) is 0.821. The molecule has 6 heteroatoms. The molecule has 1 heterocycles. The quantitative estimate of drug-likeness (QED) is 0.701. The molecule has 0 radical (unpaired) electrons. The lowest BCUT2D eigenvalue weighted by molar-refractivity contribution is -0.151. The molecule has 1 N–H and O–H groups in total. The average Bonchev–Trinajstić information content (AvgIpc) is 3.37. The Morgan fingerprint density at radius 1 is 1.03 bits per heavy atom. The first-order chi connectivity index (χ1) is 15.9. The van der Waals surface area contributed by atoms with Crippen LogP contribution in [0.5, 0.6) is 0 Å². The van der Waals surface area contributed by atoms with E-state index in [1.165, 1.54) is 24.2 Å². The molecule has 0 aliphatic heterocycles. The summed E-state index contributed by atoms with van der Waals surface area (Å²) in [7, 11) is 3.45. The zero-order chi connectivity index (χ0) is 24.5. The lowest BCUT2D eigenvalue weighted by Crippen LogP contribution is -2.55. The van der Waals surface area contributed by atoms with Gasteiger partial charge in [-0.05, 0) is 99.2 Å². The molecule has 4 saturated carbocycles. The Bertz CT molecular complexity index is 968. The fourth-order valence-electron chi connectivity index (χ4n) is 9.05. The summed E-state index contributed by atoms with van der Waals surface area (Å²) in [5.41, 5.74) is 0.468. The van der Waals surface area contributed by atoms with Crippen molar-refractivity contribution in [2.75, 3.05) is 14.1 Å². The third-order valence-electron chi connectivity index (χ3n) is 10.9. The van der Waals surface area contributed by atoms with Crippen molar-refractivity contribution in [2.24, 2.45) is 40.4 Å². The molecule has 6 nitrogen and oxygen atoms in total. The normalized spacial score (nSPS) is 43.5. The van der Waals surface area contributed by atoms with Crippen molar-refractivity contribution >= 4 is 11.7 Å². The van der Waals surface area contributed by atoms with Crippen LogP contribution in [0.4, 0.5) is 0 Å². The molecule has 34 heavy (non-hydrogen) atoms. The second-order valence-electron chi connectivity index (χ2n) is 13.1. The van der Waals surface area contributed by atoms with Crippen molar-refractivity contribution in [3.05, 3.63) is 18.0 Å². The molecule has 4 fully saturated rings. The number of aliphatic hydroxyl groups is 1. The van der Waals surface area contributed by atoms with Crippen molar-refractivity contribution in [2.45, 2.75) is 90.7 Å². The summed E-state index contributed by atoms with van der Waals surface area (Å²) in [6.45, 7) is 7.21. The number of carbonyl (C=O) groups excluding carboxylic acids is 2. The molecule has 0 saturated heterocycles. The van der Waals surface area contributed by atoms with Gasteiger partial charge in [-0.2, -0.15) is 5.10 Å². The number of rotatable bonds is 4. The van der Waals surface area contributed by atoms with Crippen molar-refractivity contribution in [3.63, 3.8) is 0 Å². The van der Waals surface area contributed by atoms with Crippen LogP contribution in [0.1, 0.15) is 88.9 Å². The number of ketones is 1. The minimum atomic E-state index is -0.491. The maximum atomic E-state index is 13.5. The van der Waals surface area contributed by atoms with E-state index in [0.29, 0.717) is 22.8 Å². The summed E-state index contributed by atoms with van der Waals surface area (Å²) < 4.78 is 1.65. The van der Waals surface area contributed by atoms with Crippen molar-refractivity contribution < 1.29 is 14.7 Å². The number of Topliss-reactive ketones (excluding diaryl/α,β-unsaturated/α-hetero) is 1. The van der Waals surface area contributed by atoms with Gasteiger partial charge in [-0.1, -0.05) is 13.8 Å². The lowest BCUT2D eigenvalue weighted by atomic mass is 9.44. The van der Waals surface area contributed by atoms with E-state index in [9.17, 15) is 14.7 Å². The zero-order valence-electron chi connectivity index (χ0n) is 21.7. The Balaban J connectivity index is 1.30. The smallest absolute Gasteiger partial charge is 0.256 e. The summed E-state index contributed by atoms with van der Waals surface area (Å²) in [6.07, 6.45) is 13.3. The van der Waals surface area contributed by atoms with Crippen LogP contribution in [0.2, 0.25) is 0 Å². The van der Waals surface area contributed by atoms with Gasteiger partial charge in [-0.15, -0.1) is 0 Å². The van der Waals surface area contributed by atoms with E-state index in [1.807, 2.05) is 6.92 Å². The number of carbonyl (C=O) groups is 2. The van der Waals surface area contributed by atoms with Crippen molar-refractivity contribution in [1.29, 1.82) is 0 Å². The molecule has 1 aromatic rings. The van der Waals surface area contributed by atoms with E-state index >= 15 is 0 Å². The maximum absolute atomic E-state index is 13.5. The third kappa shape index (κ3) is 3.75. The summed E-state index contributed by atoms with van der Waals surface area (Å²) in [4.78, 5) is 27.3. The van der Waals surface area contributed by atoms with E-state index < -0.39 is 5.60 Å². The minimum Gasteiger partial charge on any atom is -0.390 e. The maximum Gasteiger partial charge on any atom is 0.256 e. The van der Waals surface area contributed by atoms with E-state index in [-0.39, 0.29) is 29.6 Å². The number of nitrogens with zero attached hydrogens (tertiary/aromatic N) is 3. The molecule has 0 spiro atoms. The van der Waals surface area contributed by atoms with Crippen LogP contribution < -0.4 is 0 Å². The molecule has 188 valence electrons. The van der Waals surface area contributed by atoms with Crippen LogP contribution in [0.25, 0.3) is 0 Å². The third-order valence-corrected chi connectivity index (χ3v) is 10.9. The lowest BCUT2D eigenvalue weighted by Gasteiger charge is -2.61. The predicted octanol–water partition coefficient (Wildman–Crippen LogP) is 4.56. The summed E-state index contributed by atoms with van der Waals surface area (Å²) in [5, 5.41) is 15.0. The second kappa shape index (κ2) is 8.18. The van der Waals surface area contributed by atoms with Gasteiger partial charge < -0.3 is 10.0 Å². The SMILES string of the molecule is CN(C)C(=O)c1cnn(CC(=O)[C@H]2CC[C@H]3[C@@H]4CC[C@H]5C[C@](C)(O)CC[C@]5(C)[C@H]4CC[C@]23C)c1. The van der Waals surface area contributed by atoms with Gasteiger partial charge in [0.1, 0.15) is 0 Å². The van der Waals surface area contributed by atoms with Crippen LogP contribution in [0.3, 0.4) is 0 Å². The Hall–Kier alpha value is -1.69. The first kappa shape index (κ1) is 24.0. The topological polar surface area (TPSA) is 75.4 Å². The number of amides is 1. The largest absolute Gasteiger partial charge is 0.390 e. The monoisotopic (exact) mass is 469 g/mol. The Kier molecular flexibility index (Phi) is 5.78. The second-order valence-corrected chi connectivity index (χ2v) is 13.1. The van der Waals surface area contributed by atoms with E-state index in [2.05, 4.69) is 18.9 Å². The van der Waals surface area contributed by atoms with E-state index in [0.717, 1.165) is 50.4 Å². The molecule has 4 aliphatic rings. The van der Waals surface area contributed by atoms with Gasteiger partial charge in [0.25, 0.3) is 5.91 Å². The highest BCUT2D eigenvalue weighted by atomic mass is 16.3. The molecule has 8 atom stereocenters. The van der Waals surface area contributed by atoms with Crippen molar-refractivity contribution in [3.8, 4) is 0 Å². The molecule has 5 rings (SSSR count). The summed E-state index contributed by atoms with van der Waals surface area (Å²) in [6, 6.07) is 0. The van der Waals surface area contributed by atoms with Crippen molar-refractivity contribution in [1.82, 2.24) is 14.7 Å². The van der Waals surface area contributed by atoms with E-state index in [4.69, 9.17) is 0 Å². The standard InChI is InChI=1S/C28H43N3O3/c1-26(34)12-13-27(2)19(14-26)6-7-20-21-8-9-23(28(21,3)11-10-22(20)27)24(32)17-31-16-18(15-29-31)25(33)30(4)5/h15-16,19-23,34H,6-14,17H2,1-5H3/t19-,20-,21-,22-,23+,26+,27-,28-/m0/s1. The van der Waals surface area contributed by atoms with E-state index in [1.54, 1.807) is 31.2 Å². The number of hydrogen-bond donors (Lipinski definition) is 1. The Morgan fingerprint density at radius 2 is 1.76 bits per heavy atom. The minimum absolute atomic E-state index is 0.0804. The Morgan fingerprint density at radius 3 is 2.50 bits per heavy atom. The number of hydrogen-bond acceptors (Lipinski definition) is 4. The molecule has 0 bridgehead atoms.